The third-order valence-electron chi connectivity index (χ3n) is 5.31. The maximum atomic E-state index is 12.5. The summed E-state index contributed by atoms with van der Waals surface area (Å²) in [6, 6.07) is -0.0336. The molecule has 0 aromatic rings. The van der Waals surface area contributed by atoms with Crippen molar-refractivity contribution < 1.29 is 18.8 Å². The molecule has 1 rings (SSSR count). The summed E-state index contributed by atoms with van der Waals surface area (Å²) in [5, 5.41) is -0.498. The van der Waals surface area contributed by atoms with Gasteiger partial charge in [-0.05, 0) is 37.9 Å². The highest BCUT2D eigenvalue weighted by molar-refractivity contribution is 6.74. The summed E-state index contributed by atoms with van der Waals surface area (Å²) in [4.78, 5) is 26.0. The van der Waals surface area contributed by atoms with Crippen LogP contribution in [0, 0.1) is 5.92 Å². The summed E-state index contributed by atoms with van der Waals surface area (Å²) in [5.74, 6) is -0.689. The molecule has 1 fully saturated rings. The Morgan fingerprint density at radius 1 is 1.29 bits per heavy atom. The van der Waals surface area contributed by atoms with Crippen LogP contribution in [0.4, 0.5) is 0 Å². The van der Waals surface area contributed by atoms with Gasteiger partial charge in [0.1, 0.15) is 5.38 Å². The van der Waals surface area contributed by atoms with Gasteiger partial charge in [0, 0.05) is 6.54 Å². The van der Waals surface area contributed by atoms with Gasteiger partial charge in [-0.3, -0.25) is 9.59 Å². The van der Waals surface area contributed by atoms with E-state index in [-0.39, 0.29) is 28.9 Å². The fourth-order valence-electron chi connectivity index (χ4n) is 2.58. The van der Waals surface area contributed by atoms with Crippen LogP contribution in [0.3, 0.4) is 0 Å². The van der Waals surface area contributed by atoms with E-state index in [4.69, 9.17) is 20.8 Å². The normalized spacial score (nSPS) is 23.8. The summed E-state index contributed by atoms with van der Waals surface area (Å²) in [6.45, 7) is 13.5. The van der Waals surface area contributed by atoms with Gasteiger partial charge >= 0.3 is 5.97 Å². The van der Waals surface area contributed by atoms with E-state index in [0.717, 1.165) is 6.42 Å². The minimum atomic E-state index is -1.89. The molecule has 24 heavy (non-hydrogen) atoms. The van der Waals surface area contributed by atoms with Crippen molar-refractivity contribution in [3.63, 3.8) is 0 Å². The zero-order valence-corrected chi connectivity index (χ0v) is 17.8. The molecule has 7 heteroatoms. The van der Waals surface area contributed by atoms with Crippen LogP contribution in [0.5, 0.6) is 0 Å². The fraction of sp³-hybridized carbons (Fsp3) is 0.882. The first-order valence-electron chi connectivity index (χ1n) is 8.57. The molecule has 0 aromatic heterocycles. The summed E-state index contributed by atoms with van der Waals surface area (Å²) < 4.78 is 11.1. The number of esters is 1. The van der Waals surface area contributed by atoms with Crippen molar-refractivity contribution in [3.8, 4) is 0 Å². The van der Waals surface area contributed by atoms with E-state index >= 15 is 0 Å². The number of amides is 1. The molecule has 1 heterocycles. The summed E-state index contributed by atoms with van der Waals surface area (Å²) >= 11 is 6.01. The largest absolute Gasteiger partial charge is 0.469 e. The first kappa shape index (κ1) is 21.4. The Morgan fingerprint density at radius 2 is 1.88 bits per heavy atom. The highest BCUT2D eigenvalue weighted by Gasteiger charge is 2.41. The van der Waals surface area contributed by atoms with Crippen LogP contribution in [-0.2, 0) is 18.8 Å². The third-order valence-corrected chi connectivity index (χ3v) is 9.99. The van der Waals surface area contributed by atoms with Gasteiger partial charge in [-0.15, -0.1) is 11.6 Å². The van der Waals surface area contributed by atoms with Crippen molar-refractivity contribution >= 4 is 31.8 Å². The van der Waals surface area contributed by atoms with Gasteiger partial charge in [-0.25, -0.2) is 0 Å². The average molecular weight is 378 g/mol. The van der Waals surface area contributed by atoms with Crippen molar-refractivity contribution in [2.24, 2.45) is 5.92 Å². The Hall–Kier alpha value is -0.593. The molecule has 0 radical (unpaired) electrons. The van der Waals surface area contributed by atoms with E-state index < -0.39 is 13.7 Å². The lowest BCUT2D eigenvalue weighted by Gasteiger charge is -2.42. The summed E-state index contributed by atoms with van der Waals surface area (Å²) in [6.07, 6.45) is 1.43. The minimum absolute atomic E-state index is 0.0336. The van der Waals surface area contributed by atoms with Gasteiger partial charge in [0.25, 0.3) is 0 Å². The van der Waals surface area contributed by atoms with Crippen molar-refractivity contribution in [1.82, 2.24) is 4.90 Å². The lowest BCUT2D eigenvalue weighted by Crippen LogP contribution is -2.54. The number of ether oxygens (including phenoxy) is 1. The Balaban J connectivity index is 2.84. The van der Waals surface area contributed by atoms with Gasteiger partial charge in [-0.1, -0.05) is 20.8 Å². The van der Waals surface area contributed by atoms with Crippen molar-refractivity contribution in [1.29, 1.82) is 0 Å². The molecule has 1 aliphatic rings. The van der Waals surface area contributed by atoms with Crippen molar-refractivity contribution in [2.45, 2.75) is 70.1 Å². The second-order valence-corrected chi connectivity index (χ2v) is 13.6. The quantitative estimate of drug-likeness (QED) is 0.418. The smallest absolute Gasteiger partial charge is 0.310 e. The van der Waals surface area contributed by atoms with Crippen LogP contribution in [0.1, 0.15) is 40.5 Å². The second-order valence-electron chi connectivity index (χ2n) is 8.13. The van der Waals surface area contributed by atoms with Gasteiger partial charge in [-0.2, -0.15) is 0 Å². The zero-order valence-electron chi connectivity index (χ0n) is 16.0. The molecule has 0 bridgehead atoms. The van der Waals surface area contributed by atoms with Gasteiger partial charge in [0.2, 0.25) is 5.91 Å². The third kappa shape index (κ3) is 5.20. The lowest BCUT2D eigenvalue weighted by molar-refractivity contribution is -0.150. The Labute approximate surface area is 152 Å². The predicted octanol–water partition coefficient (Wildman–Crippen LogP) is 3.42. The fourth-order valence-corrected chi connectivity index (χ4v) is 3.75. The SMILES string of the molecule is COC(=O)C1CCC(CO[Si](C)(C)C(C)(C)C)N(C(=O)[C@@H](C)Cl)C1. The highest BCUT2D eigenvalue weighted by atomic mass is 35.5. The molecule has 2 unspecified atom stereocenters. The molecule has 5 nitrogen and oxygen atoms in total. The van der Waals surface area contributed by atoms with E-state index in [9.17, 15) is 9.59 Å². The van der Waals surface area contributed by atoms with Crippen molar-refractivity contribution in [2.75, 3.05) is 20.3 Å². The number of methoxy groups -OCH3 is 1. The topological polar surface area (TPSA) is 55.8 Å². The molecule has 1 aliphatic heterocycles. The first-order chi connectivity index (χ1) is 10.9. The van der Waals surface area contributed by atoms with Crippen molar-refractivity contribution in [3.05, 3.63) is 0 Å². The predicted molar refractivity (Wildman–Crippen MR) is 98.7 cm³/mol. The molecule has 0 spiro atoms. The number of piperidine rings is 1. The van der Waals surface area contributed by atoms with Crippen LogP contribution >= 0.6 is 11.6 Å². The molecule has 0 aliphatic carbocycles. The Morgan fingerprint density at radius 3 is 2.33 bits per heavy atom. The number of rotatable bonds is 5. The number of carbonyl (C=O) groups is 2. The molecule has 0 N–H and O–H groups in total. The number of hydrogen-bond acceptors (Lipinski definition) is 4. The van der Waals surface area contributed by atoms with Gasteiger partial charge in [0.15, 0.2) is 8.32 Å². The molecule has 140 valence electrons. The standard InChI is InChI=1S/C17H32ClNO4Si/c1-12(18)15(20)19-10-13(16(21)22-5)8-9-14(19)11-23-24(6,7)17(2,3)4/h12-14H,8-11H2,1-7H3/t12-,13?,14?/m1/s1. The highest BCUT2D eigenvalue weighted by Crippen LogP contribution is 2.37. The number of nitrogens with zero attached hydrogens (tertiary/aromatic N) is 1. The molecule has 0 saturated carbocycles. The zero-order chi connectivity index (χ0) is 18.7. The maximum absolute atomic E-state index is 12.5. The maximum Gasteiger partial charge on any atom is 0.310 e. The van der Waals surface area contributed by atoms with Crippen LogP contribution in [-0.4, -0.2) is 56.8 Å². The molecule has 3 atom stereocenters. The minimum Gasteiger partial charge on any atom is -0.469 e. The lowest BCUT2D eigenvalue weighted by atomic mass is 9.92. The Kier molecular flexibility index (Phi) is 7.32. The van der Waals surface area contributed by atoms with Crippen LogP contribution in [0.15, 0.2) is 0 Å². The van der Waals surface area contributed by atoms with E-state index in [1.54, 1.807) is 11.8 Å². The van der Waals surface area contributed by atoms with Gasteiger partial charge in [0.05, 0.1) is 25.7 Å². The van der Waals surface area contributed by atoms with E-state index in [1.807, 2.05) is 0 Å². The summed E-state index contributed by atoms with van der Waals surface area (Å²) in [7, 11) is -0.508. The number of halogens is 1. The number of hydrogen-bond donors (Lipinski definition) is 0. The molecule has 0 aromatic carbocycles. The monoisotopic (exact) mass is 377 g/mol. The number of carbonyl (C=O) groups excluding carboxylic acids is 2. The molecule has 1 saturated heterocycles. The van der Waals surface area contributed by atoms with Gasteiger partial charge < -0.3 is 14.1 Å². The summed E-state index contributed by atoms with van der Waals surface area (Å²) in [5.41, 5.74) is 0. The van der Waals surface area contributed by atoms with E-state index in [2.05, 4.69) is 33.9 Å². The molecular formula is C17H32ClNO4Si. The first-order valence-corrected chi connectivity index (χ1v) is 11.9. The average Bonchev–Trinajstić information content (AvgIpc) is 2.50. The van der Waals surface area contributed by atoms with E-state index in [1.165, 1.54) is 7.11 Å². The number of alkyl halides is 1. The number of likely N-dealkylation sites (tertiary alicyclic amines) is 1. The van der Waals surface area contributed by atoms with Crippen LogP contribution < -0.4 is 0 Å². The van der Waals surface area contributed by atoms with Crippen LogP contribution in [0.2, 0.25) is 18.1 Å². The molecule has 1 amide bonds. The molecular weight excluding hydrogens is 346 g/mol. The Bertz CT molecular complexity index is 462. The van der Waals surface area contributed by atoms with E-state index in [0.29, 0.717) is 19.6 Å². The van der Waals surface area contributed by atoms with Crippen LogP contribution in [0.25, 0.3) is 0 Å². The second kappa shape index (κ2) is 8.19.